The normalized spacial score (nSPS) is 13.2. The molecule has 0 aliphatic rings. The molecule has 0 aromatic heterocycles. The molecule has 104 valence electrons. The molecule has 5 nitrogen and oxygen atoms in total. The van der Waals surface area contributed by atoms with Crippen molar-refractivity contribution in [2.24, 2.45) is 0 Å². The second kappa shape index (κ2) is 7.70. The monoisotopic (exact) mass is 281 g/mol. The lowest BCUT2D eigenvalue weighted by atomic mass is 10.1. The van der Waals surface area contributed by atoms with Gasteiger partial charge in [-0.25, -0.2) is 0 Å². The fraction of sp³-hybridized carbons (Fsp3) is 0.385. The van der Waals surface area contributed by atoms with Crippen LogP contribution in [0.5, 0.6) is 0 Å². The van der Waals surface area contributed by atoms with Crippen molar-refractivity contribution in [1.82, 2.24) is 16.2 Å². The maximum atomic E-state index is 11.3. The average molecular weight is 281 g/mol. The number of nitrogens with one attached hydrogen (secondary N) is 3. The lowest BCUT2D eigenvalue weighted by molar-refractivity contribution is -0.123. The highest BCUT2D eigenvalue weighted by molar-refractivity contribution is 7.80. The predicted molar refractivity (Wildman–Crippen MR) is 78.2 cm³/mol. The van der Waals surface area contributed by atoms with E-state index in [4.69, 9.17) is 17.3 Å². The standard InChI is InChI=1S/C13H19N3O2S/c1-9(17)8-12(18)15-16-13(19)14-10(2)11-6-4-3-5-7-11/h3-7,9-10,17H,8H2,1-2H3,(H,15,18)(H2,14,16,19)/t9-,10+/m1/s1. The van der Waals surface area contributed by atoms with Crippen LogP contribution < -0.4 is 16.2 Å². The average Bonchev–Trinajstić information content (AvgIpc) is 2.36. The van der Waals surface area contributed by atoms with Gasteiger partial charge in [0.1, 0.15) is 0 Å². The van der Waals surface area contributed by atoms with Gasteiger partial charge >= 0.3 is 0 Å². The second-order valence-electron chi connectivity index (χ2n) is 4.33. The van der Waals surface area contributed by atoms with Crippen LogP contribution in [-0.4, -0.2) is 22.2 Å². The summed E-state index contributed by atoms with van der Waals surface area (Å²) in [5.74, 6) is -0.313. The van der Waals surface area contributed by atoms with Crippen LogP contribution in [0.15, 0.2) is 30.3 Å². The molecule has 0 fully saturated rings. The van der Waals surface area contributed by atoms with E-state index in [-0.39, 0.29) is 18.4 Å². The second-order valence-corrected chi connectivity index (χ2v) is 4.74. The summed E-state index contributed by atoms with van der Waals surface area (Å²) in [7, 11) is 0. The number of aliphatic hydroxyl groups is 1. The van der Waals surface area contributed by atoms with Crippen molar-refractivity contribution in [3.63, 3.8) is 0 Å². The molecule has 0 saturated heterocycles. The van der Waals surface area contributed by atoms with Crippen LogP contribution in [0.25, 0.3) is 0 Å². The first-order valence-corrected chi connectivity index (χ1v) is 6.48. The Bertz CT molecular complexity index is 423. The van der Waals surface area contributed by atoms with Gasteiger partial charge in [0.05, 0.1) is 18.6 Å². The minimum absolute atomic E-state index is 0.0316. The van der Waals surface area contributed by atoms with Crippen LogP contribution in [0, 0.1) is 0 Å². The zero-order valence-corrected chi connectivity index (χ0v) is 11.8. The van der Waals surface area contributed by atoms with Gasteiger partial charge in [-0.15, -0.1) is 0 Å². The number of amides is 1. The first-order chi connectivity index (χ1) is 8.99. The Morgan fingerprint density at radius 1 is 1.26 bits per heavy atom. The predicted octanol–water partition coefficient (Wildman–Crippen LogP) is 1.01. The molecule has 0 aliphatic carbocycles. The summed E-state index contributed by atoms with van der Waals surface area (Å²) < 4.78 is 0. The SMILES string of the molecule is C[C@H](NC(=S)NNC(=O)C[C@@H](C)O)c1ccccc1. The number of thiocarbonyl (C=S) groups is 1. The maximum Gasteiger partial charge on any atom is 0.240 e. The molecule has 0 unspecified atom stereocenters. The molecule has 19 heavy (non-hydrogen) atoms. The Balaban J connectivity index is 2.33. The lowest BCUT2D eigenvalue weighted by Gasteiger charge is -2.17. The van der Waals surface area contributed by atoms with Crippen molar-refractivity contribution < 1.29 is 9.90 Å². The molecule has 6 heteroatoms. The van der Waals surface area contributed by atoms with E-state index in [0.29, 0.717) is 5.11 Å². The molecule has 0 aliphatic heterocycles. The Morgan fingerprint density at radius 3 is 2.47 bits per heavy atom. The van der Waals surface area contributed by atoms with Gasteiger partial charge in [0.2, 0.25) is 5.91 Å². The van der Waals surface area contributed by atoms with Gasteiger partial charge in [-0.3, -0.25) is 15.6 Å². The third-order valence-electron chi connectivity index (χ3n) is 2.44. The topological polar surface area (TPSA) is 73.4 Å². The molecular weight excluding hydrogens is 262 g/mol. The molecule has 1 amide bonds. The minimum Gasteiger partial charge on any atom is -0.393 e. The number of rotatable bonds is 4. The molecule has 0 saturated carbocycles. The van der Waals surface area contributed by atoms with Gasteiger partial charge in [-0.2, -0.15) is 0 Å². The van der Waals surface area contributed by atoms with E-state index in [1.807, 2.05) is 37.3 Å². The van der Waals surface area contributed by atoms with E-state index in [2.05, 4.69) is 16.2 Å². The number of carbonyl (C=O) groups excluding carboxylic acids is 1. The maximum absolute atomic E-state index is 11.3. The molecule has 2 atom stereocenters. The van der Waals surface area contributed by atoms with E-state index in [9.17, 15) is 4.79 Å². The Hall–Kier alpha value is -1.66. The van der Waals surface area contributed by atoms with Crippen LogP contribution in [0.4, 0.5) is 0 Å². The summed E-state index contributed by atoms with van der Waals surface area (Å²) in [5, 5.41) is 12.4. The van der Waals surface area contributed by atoms with Crippen molar-refractivity contribution in [3.8, 4) is 0 Å². The van der Waals surface area contributed by atoms with Gasteiger partial charge in [0.15, 0.2) is 5.11 Å². The van der Waals surface area contributed by atoms with Gasteiger partial charge < -0.3 is 10.4 Å². The minimum atomic E-state index is -0.674. The number of aliphatic hydroxyl groups excluding tert-OH is 1. The van der Waals surface area contributed by atoms with Gasteiger partial charge in [0.25, 0.3) is 0 Å². The summed E-state index contributed by atoms with van der Waals surface area (Å²) in [6.45, 7) is 3.52. The summed E-state index contributed by atoms with van der Waals surface area (Å²) in [6.07, 6.45) is -0.643. The number of carbonyl (C=O) groups is 1. The summed E-state index contributed by atoms with van der Waals surface area (Å²) >= 11 is 5.06. The summed E-state index contributed by atoms with van der Waals surface area (Å²) in [4.78, 5) is 11.3. The van der Waals surface area contributed by atoms with Crippen molar-refractivity contribution in [2.75, 3.05) is 0 Å². The molecule has 1 aromatic rings. The zero-order chi connectivity index (χ0) is 14.3. The Labute approximate surface area is 118 Å². The van der Waals surface area contributed by atoms with Crippen molar-refractivity contribution >= 4 is 23.2 Å². The Morgan fingerprint density at radius 2 is 1.89 bits per heavy atom. The van der Waals surface area contributed by atoms with Crippen LogP contribution in [0.2, 0.25) is 0 Å². The van der Waals surface area contributed by atoms with E-state index >= 15 is 0 Å². The highest BCUT2D eigenvalue weighted by atomic mass is 32.1. The van der Waals surface area contributed by atoms with Crippen LogP contribution >= 0.6 is 12.2 Å². The summed E-state index contributed by atoms with van der Waals surface area (Å²) in [6, 6.07) is 9.87. The third-order valence-corrected chi connectivity index (χ3v) is 2.66. The fourth-order valence-electron chi connectivity index (χ4n) is 1.50. The van der Waals surface area contributed by atoms with Crippen LogP contribution in [-0.2, 0) is 4.79 Å². The first-order valence-electron chi connectivity index (χ1n) is 6.07. The quantitative estimate of drug-likeness (QED) is 0.490. The van der Waals surface area contributed by atoms with Crippen LogP contribution in [0.1, 0.15) is 31.9 Å². The highest BCUT2D eigenvalue weighted by Crippen LogP contribution is 2.10. The van der Waals surface area contributed by atoms with Gasteiger partial charge in [-0.1, -0.05) is 30.3 Å². The largest absolute Gasteiger partial charge is 0.393 e. The molecule has 1 aromatic carbocycles. The molecule has 4 N–H and O–H groups in total. The van der Waals surface area contributed by atoms with E-state index in [1.165, 1.54) is 0 Å². The number of benzene rings is 1. The molecule has 1 rings (SSSR count). The van der Waals surface area contributed by atoms with E-state index in [0.717, 1.165) is 5.56 Å². The number of hydrogen-bond acceptors (Lipinski definition) is 3. The molecule has 0 heterocycles. The molecular formula is C13H19N3O2S. The third kappa shape index (κ3) is 6.17. The number of hydrogen-bond donors (Lipinski definition) is 4. The van der Waals surface area contributed by atoms with Crippen molar-refractivity contribution in [3.05, 3.63) is 35.9 Å². The van der Waals surface area contributed by atoms with Crippen LogP contribution in [0.3, 0.4) is 0 Å². The highest BCUT2D eigenvalue weighted by Gasteiger charge is 2.08. The molecule has 0 radical (unpaired) electrons. The Kier molecular flexibility index (Phi) is 6.24. The fourth-order valence-corrected chi connectivity index (χ4v) is 1.73. The van der Waals surface area contributed by atoms with E-state index < -0.39 is 6.10 Å². The smallest absolute Gasteiger partial charge is 0.240 e. The molecule has 0 spiro atoms. The van der Waals surface area contributed by atoms with Gasteiger partial charge in [-0.05, 0) is 31.6 Å². The van der Waals surface area contributed by atoms with Gasteiger partial charge in [0, 0.05) is 0 Å². The summed E-state index contributed by atoms with van der Waals surface area (Å²) in [5.41, 5.74) is 6.12. The molecule has 0 bridgehead atoms. The number of hydrazine groups is 1. The lowest BCUT2D eigenvalue weighted by Crippen LogP contribution is -2.47. The van der Waals surface area contributed by atoms with E-state index in [1.54, 1.807) is 6.92 Å². The van der Waals surface area contributed by atoms with Crippen molar-refractivity contribution in [2.45, 2.75) is 32.4 Å². The zero-order valence-electron chi connectivity index (χ0n) is 11.0. The first kappa shape index (κ1) is 15.4. The van der Waals surface area contributed by atoms with Crippen molar-refractivity contribution in [1.29, 1.82) is 0 Å².